The molecule has 1 aromatic carbocycles. The number of rotatable bonds is 6. The molecule has 1 fully saturated rings. The van der Waals surface area contributed by atoms with Crippen molar-refractivity contribution < 1.29 is 4.79 Å². The minimum atomic E-state index is -0.0364. The van der Waals surface area contributed by atoms with E-state index in [-0.39, 0.29) is 5.91 Å². The molecule has 132 valence electrons. The molecule has 0 atom stereocenters. The Labute approximate surface area is 149 Å². The van der Waals surface area contributed by atoms with E-state index >= 15 is 0 Å². The van der Waals surface area contributed by atoms with Gasteiger partial charge in [0.25, 0.3) is 5.91 Å². The molecule has 5 heteroatoms. The first-order chi connectivity index (χ1) is 12.3. The SMILES string of the molecule is CCCCNC(=O)c1cncc(N2CCN(c3ccccc3)CC2)c1. The molecule has 2 aromatic rings. The highest BCUT2D eigenvalue weighted by Gasteiger charge is 2.18. The molecule has 0 spiro atoms. The third-order valence-corrected chi connectivity index (χ3v) is 4.57. The number of nitrogens with one attached hydrogen (secondary N) is 1. The van der Waals surface area contributed by atoms with E-state index in [2.05, 4.69) is 51.3 Å². The van der Waals surface area contributed by atoms with E-state index in [1.165, 1.54) is 5.69 Å². The van der Waals surface area contributed by atoms with E-state index in [0.29, 0.717) is 5.56 Å². The summed E-state index contributed by atoms with van der Waals surface area (Å²) in [6, 6.07) is 12.4. The summed E-state index contributed by atoms with van der Waals surface area (Å²) in [5, 5.41) is 2.95. The first kappa shape index (κ1) is 17.3. The van der Waals surface area contributed by atoms with Gasteiger partial charge in [-0.2, -0.15) is 0 Å². The van der Waals surface area contributed by atoms with Crippen molar-refractivity contribution in [2.24, 2.45) is 0 Å². The van der Waals surface area contributed by atoms with Crippen LogP contribution in [0.3, 0.4) is 0 Å². The second kappa shape index (κ2) is 8.51. The maximum absolute atomic E-state index is 12.2. The second-order valence-corrected chi connectivity index (χ2v) is 6.35. The highest BCUT2D eigenvalue weighted by atomic mass is 16.1. The van der Waals surface area contributed by atoms with Gasteiger partial charge in [0.05, 0.1) is 17.4 Å². The summed E-state index contributed by atoms with van der Waals surface area (Å²) in [7, 11) is 0. The number of anilines is 2. The van der Waals surface area contributed by atoms with E-state index in [1.54, 1.807) is 6.20 Å². The molecule has 2 heterocycles. The number of amides is 1. The van der Waals surface area contributed by atoms with Crippen molar-refractivity contribution in [1.82, 2.24) is 10.3 Å². The lowest BCUT2D eigenvalue weighted by molar-refractivity contribution is 0.0953. The molecule has 25 heavy (non-hydrogen) atoms. The fourth-order valence-corrected chi connectivity index (χ4v) is 3.07. The van der Waals surface area contributed by atoms with Crippen molar-refractivity contribution in [2.45, 2.75) is 19.8 Å². The Morgan fingerprint density at radius 1 is 1.04 bits per heavy atom. The number of aromatic nitrogens is 1. The van der Waals surface area contributed by atoms with Gasteiger partial charge in [-0.3, -0.25) is 9.78 Å². The predicted octanol–water partition coefficient (Wildman–Crippen LogP) is 2.94. The van der Waals surface area contributed by atoms with E-state index in [1.807, 2.05) is 18.3 Å². The molecule has 1 amide bonds. The predicted molar refractivity (Wildman–Crippen MR) is 102 cm³/mol. The van der Waals surface area contributed by atoms with Crippen LogP contribution >= 0.6 is 0 Å². The topological polar surface area (TPSA) is 48.5 Å². The fraction of sp³-hybridized carbons (Fsp3) is 0.400. The Bertz CT molecular complexity index is 681. The summed E-state index contributed by atoms with van der Waals surface area (Å²) in [6.07, 6.45) is 5.57. The molecule has 5 nitrogen and oxygen atoms in total. The number of piperazine rings is 1. The van der Waals surface area contributed by atoms with Crippen LogP contribution in [-0.4, -0.2) is 43.6 Å². The molecule has 1 N–H and O–H groups in total. The van der Waals surface area contributed by atoms with E-state index < -0.39 is 0 Å². The van der Waals surface area contributed by atoms with E-state index in [4.69, 9.17) is 0 Å². The zero-order valence-electron chi connectivity index (χ0n) is 14.8. The molecule has 1 aliphatic heterocycles. The normalized spacial score (nSPS) is 14.4. The summed E-state index contributed by atoms with van der Waals surface area (Å²) in [5.74, 6) is -0.0364. The monoisotopic (exact) mass is 338 g/mol. The zero-order chi connectivity index (χ0) is 17.5. The zero-order valence-corrected chi connectivity index (χ0v) is 14.8. The number of nitrogens with zero attached hydrogens (tertiary/aromatic N) is 3. The van der Waals surface area contributed by atoms with Crippen LogP contribution in [0.15, 0.2) is 48.8 Å². The summed E-state index contributed by atoms with van der Waals surface area (Å²) in [6.45, 7) is 6.63. The van der Waals surface area contributed by atoms with Crippen molar-refractivity contribution in [3.05, 3.63) is 54.4 Å². The maximum atomic E-state index is 12.2. The van der Waals surface area contributed by atoms with Gasteiger partial charge in [0.15, 0.2) is 0 Å². The van der Waals surface area contributed by atoms with Crippen LogP contribution in [0.1, 0.15) is 30.1 Å². The van der Waals surface area contributed by atoms with Crippen molar-refractivity contribution in [1.29, 1.82) is 0 Å². The summed E-state index contributed by atoms with van der Waals surface area (Å²) >= 11 is 0. The first-order valence-electron chi connectivity index (χ1n) is 9.06. The number of hydrogen-bond acceptors (Lipinski definition) is 4. The quantitative estimate of drug-likeness (QED) is 0.823. The molecular weight excluding hydrogens is 312 g/mol. The third-order valence-electron chi connectivity index (χ3n) is 4.57. The average Bonchev–Trinajstić information content (AvgIpc) is 2.69. The lowest BCUT2D eigenvalue weighted by Crippen LogP contribution is -2.46. The number of carbonyl (C=O) groups excluding carboxylic acids is 1. The van der Waals surface area contributed by atoms with Crippen LogP contribution in [0.25, 0.3) is 0 Å². The average molecular weight is 338 g/mol. The number of pyridine rings is 1. The standard InChI is InChI=1S/C20H26N4O/c1-2-3-9-22-20(25)17-14-19(16-21-15-17)24-12-10-23(11-13-24)18-7-5-4-6-8-18/h4-8,14-16H,2-3,9-13H2,1H3,(H,22,25). The summed E-state index contributed by atoms with van der Waals surface area (Å²) in [4.78, 5) is 21.2. The van der Waals surface area contributed by atoms with Crippen molar-refractivity contribution in [3.63, 3.8) is 0 Å². The van der Waals surface area contributed by atoms with Gasteiger partial charge in [-0.15, -0.1) is 0 Å². The lowest BCUT2D eigenvalue weighted by Gasteiger charge is -2.37. The maximum Gasteiger partial charge on any atom is 0.252 e. The van der Waals surface area contributed by atoms with Crippen LogP contribution in [0.2, 0.25) is 0 Å². The van der Waals surface area contributed by atoms with Gasteiger partial charge in [0, 0.05) is 44.6 Å². The number of hydrogen-bond donors (Lipinski definition) is 1. The Morgan fingerprint density at radius 3 is 2.40 bits per heavy atom. The van der Waals surface area contributed by atoms with Crippen LogP contribution < -0.4 is 15.1 Å². The first-order valence-corrected chi connectivity index (χ1v) is 9.06. The van der Waals surface area contributed by atoms with Crippen molar-refractivity contribution in [2.75, 3.05) is 42.5 Å². The molecule has 0 unspecified atom stereocenters. The number of carbonyl (C=O) groups is 1. The molecule has 1 aromatic heterocycles. The third kappa shape index (κ3) is 4.50. The lowest BCUT2D eigenvalue weighted by atomic mass is 10.2. The van der Waals surface area contributed by atoms with Gasteiger partial charge in [-0.1, -0.05) is 31.5 Å². The molecule has 0 saturated carbocycles. The number of unbranched alkanes of at least 4 members (excludes halogenated alkanes) is 1. The van der Waals surface area contributed by atoms with Crippen LogP contribution in [-0.2, 0) is 0 Å². The molecule has 1 aliphatic rings. The number of benzene rings is 1. The van der Waals surface area contributed by atoms with E-state index in [9.17, 15) is 4.79 Å². The minimum Gasteiger partial charge on any atom is -0.368 e. The van der Waals surface area contributed by atoms with Crippen molar-refractivity contribution >= 4 is 17.3 Å². The molecule has 1 saturated heterocycles. The fourth-order valence-electron chi connectivity index (χ4n) is 3.07. The van der Waals surface area contributed by atoms with Gasteiger partial charge < -0.3 is 15.1 Å². The Morgan fingerprint density at radius 2 is 1.72 bits per heavy atom. The highest BCUT2D eigenvalue weighted by molar-refractivity contribution is 5.94. The molecule has 0 radical (unpaired) electrons. The Hall–Kier alpha value is -2.56. The van der Waals surface area contributed by atoms with Crippen LogP contribution in [0, 0.1) is 0 Å². The molecule has 3 rings (SSSR count). The van der Waals surface area contributed by atoms with Gasteiger partial charge in [0.1, 0.15) is 0 Å². The highest BCUT2D eigenvalue weighted by Crippen LogP contribution is 2.20. The summed E-state index contributed by atoms with van der Waals surface area (Å²) in [5.41, 5.74) is 2.93. The summed E-state index contributed by atoms with van der Waals surface area (Å²) < 4.78 is 0. The Kier molecular flexibility index (Phi) is 5.88. The smallest absolute Gasteiger partial charge is 0.252 e. The van der Waals surface area contributed by atoms with E-state index in [0.717, 1.165) is 51.3 Å². The van der Waals surface area contributed by atoms with Gasteiger partial charge in [-0.05, 0) is 24.6 Å². The number of para-hydroxylation sites is 1. The van der Waals surface area contributed by atoms with Gasteiger partial charge in [-0.25, -0.2) is 0 Å². The Balaban J connectivity index is 1.60. The minimum absolute atomic E-state index is 0.0364. The van der Waals surface area contributed by atoms with Crippen LogP contribution in [0.4, 0.5) is 11.4 Å². The van der Waals surface area contributed by atoms with Crippen molar-refractivity contribution in [3.8, 4) is 0 Å². The van der Waals surface area contributed by atoms with Gasteiger partial charge in [0.2, 0.25) is 0 Å². The largest absolute Gasteiger partial charge is 0.368 e. The van der Waals surface area contributed by atoms with Gasteiger partial charge >= 0.3 is 0 Å². The molecule has 0 aliphatic carbocycles. The molecular formula is C20H26N4O. The molecule has 0 bridgehead atoms. The second-order valence-electron chi connectivity index (χ2n) is 6.35. The van der Waals surface area contributed by atoms with Crippen LogP contribution in [0.5, 0.6) is 0 Å².